The van der Waals surface area contributed by atoms with E-state index >= 15 is 0 Å². The Morgan fingerprint density at radius 2 is 1.77 bits per heavy atom. The van der Waals surface area contributed by atoms with Crippen molar-refractivity contribution in [2.24, 2.45) is 16.9 Å². The highest BCUT2D eigenvalue weighted by Crippen LogP contribution is 2.45. The fraction of sp³-hybridized carbons (Fsp3) is 0.312. The van der Waals surface area contributed by atoms with Crippen molar-refractivity contribution in [2.75, 3.05) is 7.11 Å². The number of rotatable bonds is 3. The molecular formula is C16H14N2O4. The first-order chi connectivity index (χ1) is 10.7. The maximum Gasteiger partial charge on any atom is 0.256 e. The van der Waals surface area contributed by atoms with Crippen LogP contribution in [0.4, 0.5) is 0 Å². The van der Waals surface area contributed by atoms with Gasteiger partial charge in [0.15, 0.2) is 0 Å². The number of methoxy groups -OCH3 is 1. The Bertz CT molecular complexity index is 682. The Kier molecular flexibility index (Phi) is 2.87. The number of para-hydroxylation sites is 1. The minimum atomic E-state index is -0.433. The molecule has 4 rings (SSSR count). The molecule has 3 aliphatic rings. The van der Waals surface area contributed by atoms with Crippen LogP contribution in [0.2, 0.25) is 0 Å². The van der Waals surface area contributed by atoms with Crippen molar-refractivity contribution in [3.8, 4) is 5.75 Å². The van der Waals surface area contributed by atoms with Crippen LogP contribution < -0.4 is 4.74 Å². The lowest BCUT2D eigenvalue weighted by atomic mass is 9.85. The van der Waals surface area contributed by atoms with Crippen molar-refractivity contribution < 1.29 is 19.1 Å². The zero-order chi connectivity index (χ0) is 15.3. The highest BCUT2D eigenvalue weighted by Gasteiger charge is 2.61. The quantitative estimate of drug-likeness (QED) is 0.474. The molecule has 0 spiro atoms. The lowest BCUT2D eigenvalue weighted by molar-refractivity contribution is -0.142. The van der Waals surface area contributed by atoms with Crippen LogP contribution in [-0.2, 0) is 14.3 Å². The molecule has 3 aliphatic heterocycles. The van der Waals surface area contributed by atoms with Gasteiger partial charge < -0.3 is 9.47 Å². The number of hydrazone groups is 1. The molecule has 4 atom stereocenters. The summed E-state index contributed by atoms with van der Waals surface area (Å²) in [4.78, 5) is 24.8. The molecule has 3 heterocycles. The second-order valence-corrected chi connectivity index (χ2v) is 5.48. The van der Waals surface area contributed by atoms with Gasteiger partial charge in [0.1, 0.15) is 5.75 Å². The van der Waals surface area contributed by atoms with Gasteiger partial charge in [-0.05, 0) is 12.1 Å². The summed E-state index contributed by atoms with van der Waals surface area (Å²) in [6.45, 7) is 0. The monoisotopic (exact) mass is 298 g/mol. The van der Waals surface area contributed by atoms with Crippen LogP contribution in [0.5, 0.6) is 5.75 Å². The smallest absolute Gasteiger partial charge is 0.256 e. The number of fused-ring (bicyclic) bond motifs is 5. The van der Waals surface area contributed by atoms with E-state index in [9.17, 15) is 9.59 Å². The van der Waals surface area contributed by atoms with Gasteiger partial charge in [-0.3, -0.25) is 9.59 Å². The standard InChI is InChI=1S/C16H14N2O4/c1-21-10-5-3-2-4-9(10)8-17-18-15(19)13-11-6-7-12(22-11)14(13)16(18)20/h2-8,11-14H,1H3/b17-8-/t11-,12-,13-,14+/m0/s1. The molecule has 6 nitrogen and oxygen atoms in total. The predicted molar refractivity (Wildman–Crippen MR) is 77.2 cm³/mol. The topological polar surface area (TPSA) is 68.2 Å². The second kappa shape index (κ2) is 4.78. The zero-order valence-corrected chi connectivity index (χ0v) is 11.9. The molecule has 0 aliphatic carbocycles. The molecule has 2 saturated heterocycles. The van der Waals surface area contributed by atoms with Gasteiger partial charge >= 0.3 is 0 Å². The van der Waals surface area contributed by atoms with Crippen molar-refractivity contribution in [1.29, 1.82) is 0 Å². The Morgan fingerprint density at radius 1 is 1.14 bits per heavy atom. The van der Waals surface area contributed by atoms with Crippen LogP contribution in [-0.4, -0.2) is 42.4 Å². The number of benzene rings is 1. The van der Waals surface area contributed by atoms with Crippen LogP contribution in [0, 0.1) is 11.8 Å². The summed E-state index contributed by atoms with van der Waals surface area (Å²) in [7, 11) is 1.56. The Balaban J connectivity index is 1.61. The van der Waals surface area contributed by atoms with Crippen LogP contribution in [0.25, 0.3) is 0 Å². The first-order valence-electron chi connectivity index (χ1n) is 7.09. The number of imide groups is 1. The number of ether oxygens (including phenoxy) is 2. The second-order valence-electron chi connectivity index (χ2n) is 5.48. The van der Waals surface area contributed by atoms with Crippen molar-refractivity contribution >= 4 is 18.0 Å². The van der Waals surface area contributed by atoms with E-state index in [1.54, 1.807) is 13.2 Å². The predicted octanol–water partition coefficient (Wildman–Crippen LogP) is 0.967. The number of carbonyl (C=O) groups is 2. The SMILES string of the molecule is COc1ccccc1/C=N\N1C(=O)[C@@H]2[C@H](C1=O)[C@@H]1C=C[C@@H]2O1. The molecule has 2 amide bonds. The normalized spacial score (nSPS) is 32.3. The maximum absolute atomic E-state index is 12.4. The van der Waals surface area contributed by atoms with E-state index in [0.29, 0.717) is 11.3 Å². The van der Waals surface area contributed by atoms with Crippen LogP contribution in [0.3, 0.4) is 0 Å². The molecule has 0 N–H and O–H groups in total. The van der Waals surface area contributed by atoms with Crippen molar-refractivity contribution in [3.63, 3.8) is 0 Å². The molecule has 1 aromatic carbocycles. The molecule has 2 bridgehead atoms. The third kappa shape index (κ3) is 1.74. The third-order valence-corrected chi connectivity index (χ3v) is 4.34. The number of nitrogens with zero attached hydrogens (tertiary/aromatic N) is 2. The summed E-state index contributed by atoms with van der Waals surface area (Å²) < 4.78 is 10.8. The summed E-state index contributed by atoms with van der Waals surface area (Å²) in [6.07, 6.45) is 4.59. The lowest BCUT2D eigenvalue weighted by Crippen LogP contribution is -2.30. The van der Waals surface area contributed by atoms with Crippen molar-refractivity contribution in [3.05, 3.63) is 42.0 Å². The van der Waals surface area contributed by atoms with Gasteiger partial charge in [-0.2, -0.15) is 10.1 Å². The summed E-state index contributed by atoms with van der Waals surface area (Å²) in [5.74, 6) is -0.818. The fourth-order valence-corrected chi connectivity index (χ4v) is 3.29. The molecular weight excluding hydrogens is 284 g/mol. The van der Waals surface area contributed by atoms with Crippen LogP contribution in [0.1, 0.15) is 5.56 Å². The Labute approximate surface area is 127 Å². The molecule has 0 unspecified atom stereocenters. The molecule has 112 valence electrons. The van der Waals surface area contributed by atoms with Gasteiger partial charge in [-0.15, -0.1) is 0 Å². The average molecular weight is 298 g/mol. The van der Waals surface area contributed by atoms with Crippen molar-refractivity contribution in [1.82, 2.24) is 5.01 Å². The molecule has 2 fully saturated rings. The molecule has 0 radical (unpaired) electrons. The first kappa shape index (κ1) is 13.2. The largest absolute Gasteiger partial charge is 0.496 e. The van der Waals surface area contributed by atoms with Gasteiger partial charge in [0.05, 0.1) is 37.4 Å². The highest BCUT2D eigenvalue weighted by atomic mass is 16.5. The number of amides is 2. The van der Waals surface area contributed by atoms with E-state index in [2.05, 4.69) is 5.10 Å². The maximum atomic E-state index is 12.4. The summed E-state index contributed by atoms with van der Waals surface area (Å²) in [5.41, 5.74) is 0.708. The highest BCUT2D eigenvalue weighted by molar-refractivity contribution is 6.07. The van der Waals surface area contributed by atoms with Gasteiger partial charge in [0, 0.05) is 5.56 Å². The lowest BCUT2D eigenvalue weighted by Gasteiger charge is -2.12. The van der Waals surface area contributed by atoms with Gasteiger partial charge in [0.25, 0.3) is 11.8 Å². The summed E-state index contributed by atoms with van der Waals surface area (Å²) in [6, 6.07) is 7.28. The van der Waals surface area contributed by atoms with Crippen LogP contribution >= 0.6 is 0 Å². The van der Waals surface area contributed by atoms with E-state index < -0.39 is 11.8 Å². The molecule has 6 heteroatoms. The van der Waals surface area contributed by atoms with Crippen molar-refractivity contribution in [2.45, 2.75) is 12.2 Å². The molecule has 22 heavy (non-hydrogen) atoms. The fourth-order valence-electron chi connectivity index (χ4n) is 3.29. The first-order valence-corrected chi connectivity index (χ1v) is 7.09. The van der Waals surface area contributed by atoms with E-state index in [1.165, 1.54) is 6.21 Å². The molecule has 0 aromatic heterocycles. The minimum Gasteiger partial charge on any atom is -0.496 e. The average Bonchev–Trinajstić information content (AvgIpc) is 3.21. The number of hydrogen-bond donors (Lipinski definition) is 0. The van der Waals surface area contributed by atoms with Gasteiger partial charge in [-0.1, -0.05) is 24.3 Å². The summed E-state index contributed by atoms with van der Waals surface area (Å²) in [5, 5.41) is 5.06. The van der Waals surface area contributed by atoms with Gasteiger partial charge in [-0.25, -0.2) is 0 Å². The number of hydrogen-bond acceptors (Lipinski definition) is 5. The van der Waals surface area contributed by atoms with E-state index in [4.69, 9.17) is 9.47 Å². The number of carbonyl (C=O) groups excluding carboxylic acids is 2. The zero-order valence-electron chi connectivity index (χ0n) is 11.9. The third-order valence-electron chi connectivity index (χ3n) is 4.34. The van der Waals surface area contributed by atoms with Crippen LogP contribution in [0.15, 0.2) is 41.5 Å². The molecule has 1 aromatic rings. The Morgan fingerprint density at radius 3 is 2.41 bits per heavy atom. The van der Waals surface area contributed by atoms with E-state index in [1.807, 2.05) is 30.4 Å². The Hall–Kier alpha value is -2.47. The molecule has 0 saturated carbocycles. The minimum absolute atomic E-state index is 0.294. The van der Waals surface area contributed by atoms with Gasteiger partial charge in [0.2, 0.25) is 0 Å². The van der Waals surface area contributed by atoms with E-state index in [-0.39, 0.29) is 24.0 Å². The van der Waals surface area contributed by atoms with E-state index in [0.717, 1.165) is 5.01 Å². The summed E-state index contributed by atoms with van der Waals surface area (Å²) >= 11 is 0.